The third-order valence-corrected chi connectivity index (χ3v) is 2.96. The monoisotopic (exact) mass is 267 g/mol. The van der Waals surface area contributed by atoms with E-state index in [-0.39, 0.29) is 0 Å². The third-order valence-electron chi connectivity index (χ3n) is 2.96. The minimum atomic E-state index is -0.909. The van der Waals surface area contributed by atoms with Crippen molar-refractivity contribution in [2.45, 2.75) is 31.9 Å². The van der Waals surface area contributed by atoms with Crippen molar-refractivity contribution in [3.05, 3.63) is 24.3 Å². The number of benzene rings is 1. The second-order valence-electron chi connectivity index (χ2n) is 4.94. The molecule has 0 saturated carbocycles. The van der Waals surface area contributed by atoms with Crippen LogP contribution in [0.1, 0.15) is 20.3 Å². The molecule has 0 aromatic heterocycles. The van der Waals surface area contributed by atoms with Crippen LogP contribution in [-0.2, 0) is 9.53 Å². The Labute approximate surface area is 113 Å². The molecule has 5 heteroatoms. The number of anilines is 1. The van der Waals surface area contributed by atoms with Gasteiger partial charge in [-0.05, 0) is 26.0 Å². The van der Waals surface area contributed by atoms with E-state index in [0.717, 1.165) is 0 Å². The molecule has 5 nitrogen and oxygen atoms in total. The van der Waals surface area contributed by atoms with Crippen LogP contribution in [0.25, 0.3) is 0 Å². The normalized spacial score (nSPS) is 12.8. The summed E-state index contributed by atoms with van der Waals surface area (Å²) in [6, 6.07) is 6.46. The van der Waals surface area contributed by atoms with Crippen LogP contribution in [-0.4, -0.2) is 36.9 Å². The van der Waals surface area contributed by atoms with E-state index in [9.17, 15) is 9.90 Å². The highest BCUT2D eigenvalue weighted by molar-refractivity contribution is 5.77. The van der Waals surface area contributed by atoms with Gasteiger partial charge in [-0.2, -0.15) is 0 Å². The van der Waals surface area contributed by atoms with Crippen molar-refractivity contribution in [2.75, 3.05) is 19.5 Å². The van der Waals surface area contributed by atoms with E-state index < -0.39 is 17.6 Å². The number of rotatable bonds is 7. The lowest BCUT2D eigenvalue weighted by molar-refractivity contribution is -0.139. The molecule has 2 N–H and O–H groups in total. The van der Waals surface area contributed by atoms with Gasteiger partial charge in [0.05, 0.1) is 12.7 Å². The number of ether oxygens (including phenoxy) is 2. The quantitative estimate of drug-likeness (QED) is 0.794. The lowest BCUT2D eigenvalue weighted by atomic mass is 9.98. The molecule has 19 heavy (non-hydrogen) atoms. The van der Waals surface area contributed by atoms with Gasteiger partial charge in [0.25, 0.3) is 0 Å². The van der Waals surface area contributed by atoms with Crippen LogP contribution in [0.2, 0.25) is 0 Å². The number of carboxylic acids is 1. The fraction of sp³-hybridized carbons (Fsp3) is 0.500. The maximum absolute atomic E-state index is 11.3. The molecule has 0 heterocycles. The number of methoxy groups -OCH3 is 2. The van der Waals surface area contributed by atoms with Gasteiger partial charge >= 0.3 is 5.97 Å². The molecule has 1 unspecified atom stereocenters. The zero-order chi connectivity index (χ0) is 14.5. The molecule has 106 valence electrons. The Hall–Kier alpha value is -1.75. The number of carbonyl (C=O) groups is 1. The highest BCUT2D eigenvalue weighted by Crippen LogP contribution is 2.21. The Morgan fingerprint density at radius 1 is 1.42 bits per heavy atom. The summed E-state index contributed by atoms with van der Waals surface area (Å²) in [7, 11) is 3.15. The molecule has 1 rings (SSSR count). The zero-order valence-electron chi connectivity index (χ0n) is 11.8. The minimum Gasteiger partial charge on any atom is -0.497 e. The van der Waals surface area contributed by atoms with Gasteiger partial charge in [0, 0.05) is 25.3 Å². The summed E-state index contributed by atoms with van der Waals surface area (Å²) in [5.41, 5.74) is 0.202. The van der Waals surface area contributed by atoms with Crippen molar-refractivity contribution in [2.24, 2.45) is 0 Å². The molecular formula is C14H21NO4. The van der Waals surface area contributed by atoms with Gasteiger partial charge in [0.1, 0.15) is 11.8 Å². The average molecular weight is 267 g/mol. The van der Waals surface area contributed by atoms with Gasteiger partial charge in [-0.25, -0.2) is 4.79 Å². The molecule has 1 aromatic carbocycles. The number of aliphatic carboxylic acids is 1. The second-order valence-corrected chi connectivity index (χ2v) is 4.94. The summed E-state index contributed by atoms with van der Waals surface area (Å²) in [5, 5.41) is 12.3. The molecule has 0 radical (unpaired) electrons. The Bertz CT molecular complexity index is 431. The van der Waals surface area contributed by atoms with E-state index in [1.807, 2.05) is 19.9 Å². The predicted molar refractivity (Wildman–Crippen MR) is 73.7 cm³/mol. The molecule has 0 saturated heterocycles. The van der Waals surface area contributed by atoms with Crippen molar-refractivity contribution in [1.29, 1.82) is 0 Å². The largest absolute Gasteiger partial charge is 0.497 e. The van der Waals surface area contributed by atoms with Crippen LogP contribution in [0.3, 0.4) is 0 Å². The van der Waals surface area contributed by atoms with Crippen molar-refractivity contribution >= 4 is 11.7 Å². The van der Waals surface area contributed by atoms with Gasteiger partial charge in [0.15, 0.2) is 0 Å². The Kier molecular flexibility index (Phi) is 5.18. The van der Waals surface area contributed by atoms with Gasteiger partial charge in [-0.15, -0.1) is 0 Å². The van der Waals surface area contributed by atoms with E-state index in [0.29, 0.717) is 17.9 Å². The van der Waals surface area contributed by atoms with Gasteiger partial charge in [-0.3, -0.25) is 0 Å². The van der Waals surface area contributed by atoms with E-state index in [4.69, 9.17) is 9.47 Å². The number of hydrogen-bond acceptors (Lipinski definition) is 4. The van der Waals surface area contributed by atoms with E-state index in [2.05, 4.69) is 5.32 Å². The fourth-order valence-corrected chi connectivity index (χ4v) is 1.69. The first kappa shape index (κ1) is 15.3. The van der Waals surface area contributed by atoms with Crippen LogP contribution in [0.4, 0.5) is 5.69 Å². The number of nitrogens with one attached hydrogen (secondary N) is 1. The lowest BCUT2D eigenvalue weighted by Gasteiger charge is -2.27. The Morgan fingerprint density at radius 3 is 2.63 bits per heavy atom. The minimum absolute atomic E-state index is 0.357. The van der Waals surface area contributed by atoms with Gasteiger partial charge in [0.2, 0.25) is 0 Å². The number of hydrogen-bond donors (Lipinski definition) is 2. The number of carboxylic acid groups (broad SMARTS) is 1. The van der Waals surface area contributed by atoms with Crippen LogP contribution >= 0.6 is 0 Å². The second kappa shape index (κ2) is 6.43. The van der Waals surface area contributed by atoms with Gasteiger partial charge < -0.3 is 19.9 Å². The first-order valence-electron chi connectivity index (χ1n) is 6.06. The molecule has 0 spiro atoms. The Morgan fingerprint density at radius 2 is 2.11 bits per heavy atom. The zero-order valence-corrected chi connectivity index (χ0v) is 11.8. The molecule has 0 fully saturated rings. The summed E-state index contributed by atoms with van der Waals surface area (Å²) in [5.74, 6) is -0.229. The first-order chi connectivity index (χ1) is 8.88. The molecule has 1 atom stereocenters. The van der Waals surface area contributed by atoms with Crippen LogP contribution in [0, 0.1) is 0 Å². The van der Waals surface area contributed by atoms with Crippen molar-refractivity contribution < 1.29 is 19.4 Å². The van der Waals surface area contributed by atoms with Crippen LogP contribution < -0.4 is 10.1 Å². The maximum Gasteiger partial charge on any atom is 0.326 e. The van der Waals surface area contributed by atoms with Gasteiger partial charge in [-0.1, -0.05) is 6.07 Å². The third kappa shape index (κ3) is 4.79. The standard InChI is InChI=1S/C14H21NO4/c1-14(2,19-4)9-12(13(16)17)15-10-6-5-7-11(8-10)18-3/h5-8,12,15H,9H2,1-4H3,(H,16,17). The molecule has 0 amide bonds. The topological polar surface area (TPSA) is 67.8 Å². The van der Waals surface area contributed by atoms with E-state index >= 15 is 0 Å². The fourth-order valence-electron chi connectivity index (χ4n) is 1.69. The lowest BCUT2D eigenvalue weighted by Crippen LogP contribution is -2.38. The molecule has 1 aromatic rings. The van der Waals surface area contributed by atoms with Crippen LogP contribution in [0.15, 0.2) is 24.3 Å². The van der Waals surface area contributed by atoms with E-state index in [1.54, 1.807) is 32.4 Å². The predicted octanol–water partition coefficient (Wildman–Crippen LogP) is 2.38. The van der Waals surface area contributed by atoms with Crippen LogP contribution in [0.5, 0.6) is 5.75 Å². The molecule has 0 aliphatic rings. The summed E-state index contributed by atoms with van der Waals surface area (Å²) >= 11 is 0. The van der Waals surface area contributed by atoms with E-state index in [1.165, 1.54) is 0 Å². The smallest absolute Gasteiger partial charge is 0.326 e. The Balaban J connectivity index is 2.81. The molecule has 0 aliphatic carbocycles. The SMILES string of the molecule is COc1cccc(NC(CC(C)(C)OC)C(=O)O)c1. The van der Waals surface area contributed by atoms with Crippen molar-refractivity contribution in [3.8, 4) is 5.75 Å². The summed E-state index contributed by atoms with van der Waals surface area (Å²) in [6.45, 7) is 3.71. The summed E-state index contributed by atoms with van der Waals surface area (Å²) < 4.78 is 10.4. The highest BCUT2D eigenvalue weighted by Gasteiger charge is 2.27. The van der Waals surface area contributed by atoms with Crippen molar-refractivity contribution in [3.63, 3.8) is 0 Å². The molecule has 0 bridgehead atoms. The average Bonchev–Trinajstić information content (AvgIpc) is 2.38. The molecular weight excluding hydrogens is 246 g/mol. The van der Waals surface area contributed by atoms with Crippen molar-refractivity contribution in [1.82, 2.24) is 0 Å². The summed E-state index contributed by atoms with van der Waals surface area (Å²) in [4.78, 5) is 11.3. The maximum atomic E-state index is 11.3. The molecule has 0 aliphatic heterocycles. The summed E-state index contributed by atoms with van der Waals surface area (Å²) in [6.07, 6.45) is 0.357. The highest BCUT2D eigenvalue weighted by atomic mass is 16.5. The first-order valence-corrected chi connectivity index (χ1v) is 6.06.